The topological polar surface area (TPSA) is 81.2 Å². The Morgan fingerprint density at radius 1 is 1.28 bits per heavy atom. The van der Waals surface area contributed by atoms with Gasteiger partial charge in [-0.3, -0.25) is 4.79 Å². The summed E-state index contributed by atoms with van der Waals surface area (Å²) in [7, 11) is 0. The number of nitrogens with one attached hydrogen (secondary N) is 1. The van der Waals surface area contributed by atoms with Crippen molar-refractivity contribution in [3.8, 4) is 11.5 Å². The largest absolute Gasteiger partial charge is 0.469 e. The van der Waals surface area contributed by atoms with Gasteiger partial charge in [-0.05, 0) is 37.1 Å². The molecule has 0 radical (unpaired) electrons. The molecule has 0 aliphatic carbocycles. The minimum Gasteiger partial charge on any atom is -0.469 e. The summed E-state index contributed by atoms with van der Waals surface area (Å²) in [5.74, 6) is 0.673. The van der Waals surface area contributed by atoms with E-state index in [4.69, 9.17) is 8.83 Å². The number of benzene rings is 1. The second-order valence-electron chi connectivity index (χ2n) is 5.41. The van der Waals surface area contributed by atoms with E-state index in [2.05, 4.69) is 15.5 Å². The normalized spacial score (nSPS) is 10.8. The van der Waals surface area contributed by atoms with Crippen LogP contribution in [0.25, 0.3) is 11.5 Å². The van der Waals surface area contributed by atoms with Crippen LogP contribution in [0.15, 0.2) is 44.6 Å². The first-order chi connectivity index (χ1) is 12.0. The van der Waals surface area contributed by atoms with Crippen molar-refractivity contribution in [1.82, 2.24) is 15.5 Å². The van der Waals surface area contributed by atoms with Crippen molar-refractivity contribution in [2.75, 3.05) is 5.75 Å². The van der Waals surface area contributed by atoms with Crippen molar-refractivity contribution in [1.29, 1.82) is 0 Å². The van der Waals surface area contributed by atoms with E-state index < -0.39 is 0 Å². The van der Waals surface area contributed by atoms with Gasteiger partial charge in [0.2, 0.25) is 5.91 Å². The van der Waals surface area contributed by atoms with Crippen molar-refractivity contribution < 1.29 is 18.0 Å². The number of hydrogen-bond donors (Lipinski definition) is 1. The fourth-order valence-electron chi connectivity index (χ4n) is 2.11. The second kappa shape index (κ2) is 7.52. The number of halogens is 1. The molecule has 0 spiro atoms. The Kier molecular flexibility index (Phi) is 5.18. The van der Waals surface area contributed by atoms with Gasteiger partial charge in [0.1, 0.15) is 11.6 Å². The molecule has 25 heavy (non-hydrogen) atoms. The number of hydrogen-bond acceptors (Lipinski definition) is 6. The number of nitrogens with zero attached hydrogens (tertiary/aromatic N) is 2. The molecule has 1 amide bonds. The van der Waals surface area contributed by atoms with Gasteiger partial charge in [0.15, 0.2) is 0 Å². The number of carbonyl (C=O) groups is 1. The number of furan rings is 1. The first-order valence-electron chi connectivity index (χ1n) is 7.55. The highest BCUT2D eigenvalue weighted by Crippen LogP contribution is 2.26. The van der Waals surface area contributed by atoms with Crippen molar-refractivity contribution in [2.24, 2.45) is 0 Å². The number of thioether (sulfide) groups is 1. The first-order valence-corrected chi connectivity index (χ1v) is 8.54. The van der Waals surface area contributed by atoms with Gasteiger partial charge >= 0.3 is 0 Å². The van der Waals surface area contributed by atoms with Gasteiger partial charge in [0.05, 0.1) is 17.6 Å². The molecule has 0 saturated heterocycles. The lowest BCUT2D eigenvalue weighted by Crippen LogP contribution is -2.24. The first kappa shape index (κ1) is 17.2. The lowest BCUT2D eigenvalue weighted by Gasteiger charge is -2.05. The predicted octanol–water partition coefficient (Wildman–Crippen LogP) is 3.49. The molecular weight excluding hydrogens is 345 g/mol. The Balaban J connectivity index is 1.50. The van der Waals surface area contributed by atoms with Gasteiger partial charge in [-0.1, -0.05) is 23.9 Å². The molecule has 0 unspecified atom stereocenters. The summed E-state index contributed by atoms with van der Waals surface area (Å²) in [6.45, 7) is 3.76. The van der Waals surface area contributed by atoms with Crippen LogP contribution in [0.2, 0.25) is 0 Å². The minimum atomic E-state index is -0.283. The van der Waals surface area contributed by atoms with Crippen molar-refractivity contribution in [3.05, 3.63) is 53.2 Å². The SMILES string of the molecule is Cc1ccc(CNC(=O)CSc2nnc(-c3ccoc3C)o2)cc1F. The third-order valence-electron chi connectivity index (χ3n) is 3.55. The van der Waals surface area contributed by atoms with E-state index in [1.165, 1.54) is 6.07 Å². The summed E-state index contributed by atoms with van der Waals surface area (Å²) in [5, 5.41) is 10.9. The van der Waals surface area contributed by atoms with Crippen LogP contribution in [-0.4, -0.2) is 21.9 Å². The summed E-state index contributed by atoms with van der Waals surface area (Å²) in [6.07, 6.45) is 1.54. The van der Waals surface area contributed by atoms with E-state index >= 15 is 0 Å². The number of amides is 1. The quantitative estimate of drug-likeness (QED) is 0.677. The van der Waals surface area contributed by atoms with Crippen LogP contribution < -0.4 is 5.32 Å². The maximum atomic E-state index is 13.5. The molecule has 0 aliphatic heterocycles. The number of aryl methyl sites for hydroxylation is 2. The van der Waals surface area contributed by atoms with E-state index in [1.807, 2.05) is 0 Å². The molecule has 2 heterocycles. The molecule has 0 saturated carbocycles. The minimum absolute atomic E-state index is 0.125. The van der Waals surface area contributed by atoms with Crippen LogP contribution in [0.5, 0.6) is 0 Å². The molecule has 0 atom stereocenters. The summed E-state index contributed by atoms with van der Waals surface area (Å²) in [4.78, 5) is 11.9. The fourth-order valence-corrected chi connectivity index (χ4v) is 2.70. The van der Waals surface area contributed by atoms with E-state index in [-0.39, 0.29) is 24.0 Å². The molecule has 130 valence electrons. The highest BCUT2D eigenvalue weighted by Gasteiger charge is 2.14. The predicted molar refractivity (Wildman–Crippen MR) is 90.4 cm³/mol. The molecule has 8 heteroatoms. The average molecular weight is 361 g/mol. The fraction of sp³-hybridized carbons (Fsp3) is 0.235. The summed E-state index contributed by atoms with van der Waals surface area (Å²) >= 11 is 1.14. The van der Waals surface area contributed by atoms with E-state index in [0.717, 1.165) is 17.3 Å². The zero-order valence-electron chi connectivity index (χ0n) is 13.7. The van der Waals surface area contributed by atoms with Crippen LogP contribution >= 0.6 is 11.8 Å². The summed E-state index contributed by atoms with van der Waals surface area (Å²) in [6, 6.07) is 6.62. The molecule has 3 rings (SSSR count). The third-order valence-corrected chi connectivity index (χ3v) is 4.37. The summed E-state index contributed by atoms with van der Waals surface area (Å²) < 4.78 is 24.2. The van der Waals surface area contributed by atoms with E-state index in [0.29, 0.717) is 28.0 Å². The van der Waals surface area contributed by atoms with Gasteiger partial charge in [-0.15, -0.1) is 10.2 Å². The summed E-state index contributed by atoms with van der Waals surface area (Å²) in [5.41, 5.74) is 2.01. The molecule has 2 aromatic heterocycles. The van der Waals surface area contributed by atoms with Crippen LogP contribution in [0.4, 0.5) is 4.39 Å². The highest BCUT2D eigenvalue weighted by molar-refractivity contribution is 7.99. The Bertz CT molecular complexity index is 891. The van der Waals surface area contributed by atoms with Crippen molar-refractivity contribution in [2.45, 2.75) is 25.6 Å². The molecule has 1 N–H and O–H groups in total. The number of carbonyl (C=O) groups excluding carboxylic acids is 1. The van der Waals surface area contributed by atoms with Crippen LogP contribution in [0, 0.1) is 19.7 Å². The zero-order chi connectivity index (χ0) is 17.8. The highest BCUT2D eigenvalue weighted by atomic mass is 32.2. The lowest BCUT2D eigenvalue weighted by molar-refractivity contribution is -0.118. The molecule has 3 aromatic rings. The standard InChI is InChI=1S/C17H16FN3O3S/c1-10-3-4-12(7-14(10)18)8-19-15(22)9-25-17-21-20-16(24-17)13-5-6-23-11(13)2/h3-7H,8-9H2,1-2H3,(H,19,22). The lowest BCUT2D eigenvalue weighted by atomic mass is 10.1. The second-order valence-corrected chi connectivity index (χ2v) is 6.34. The van der Waals surface area contributed by atoms with Crippen LogP contribution in [0.1, 0.15) is 16.9 Å². The Hall–Kier alpha value is -2.61. The smallest absolute Gasteiger partial charge is 0.277 e. The van der Waals surface area contributed by atoms with Crippen molar-refractivity contribution in [3.63, 3.8) is 0 Å². The van der Waals surface area contributed by atoms with Gasteiger partial charge in [-0.25, -0.2) is 4.39 Å². The number of aromatic nitrogens is 2. The zero-order valence-corrected chi connectivity index (χ0v) is 14.5. The average Bonchev–Trinajstić information content (AvgIpc) is 3.22. The van der Waals surface area contributed by atoms with Gasteiger partial charge in [0, 0.05) is 6.54 Å². The Morgan fingerprint density at radius 3 is 2.84 bits per heavy atom. The maximum Gasteiger partial charge on any atom is 0.277 e. The third kappa shape index (κ3) is 4.27. The molecular formula is C17H16FN3O3S. The van der Waals surface area contributed by atoms with Crippen LogP contribution in [-0.2, 0) is 11.3 Å². The molecule has 1 aromatic carbocycles. The molecule has 6 nitrogen and oxygen atoms in total. The maximum absolute atomic E-state index is 13.5. The van der Waals surface area contributed by atoms with Crippen LogP contribution in [0.3, 0.4) is 0 Å². The Labute approximate surface area is 147 Å². The molecule has 0 aliphatic rings. The van der Waals surface area contributed by atoms with Gasteiger partial charge in [-0.2, -0.15) is 0 Å². The van der Waals surface area contributed by atoms with E-state index in [9.17, 15) is 9.18 Å². The Morgan fingerprint density at radius 2 is 2.12 bits per heavy atom. The molecule has 0 fully saturated rings. The van der Waals surface area contributed by atoms with Gasteiger partial charge in [0.25, 0.3) is 11.1 Å². The number of rotatable bonds is 6. The van der Waals surface area contributed by atoms with E-state index in [1.54, 1.807) is 38.3 Å². The van der Waals surface area contributed by atoms with Crippen molar-refractivity contribution >= 4 is 17.7 Å². The molecule has 0 bridgehead atoms. The monoisotopic (exact) mass is 361 g/mol. The van der Waals surface area contributed by atoms with Gasteiger partial charge < -0.3 is 14.2 Å².